The first-order valence-corrected chi connectivity index (χ1v) is 19.1. The molecule has 0 saturated carbocycles. The maximum absolute atomic E-state index is 5.10. The van der Waals surface area contributed by atoms with Crippen molar-refractivity contribution in [1.82, 2.24) is 4.98 Å². The highest BCUT2D eigenvalue weighted by Gasteiger charge is 2.51. The lowest BCUT2D eigenvalue weighted by Gasteiger charge is -2.36. The zero-order chi connectivity index (χ0) is 33.3. The largest absolute Gasteiger partial charge is 0.311 e. The second kappa shape index (κ2) is 12.6. The van der Waals surface area contributed by atoms with Gasteiger partial charge in [-0.25, -0.2) is 0 Å². The van der Waals surface area contributed by atoms with Crippen molar-refractivity contribution in [1.29, 1.82) is 0 Å². The molecule has 2 nitrogen and oxygen atoms in total. The molecular formula is C47H34N2Si. The maximum atomic E-state index is 5.10. The Labute approximate surface area is 294 Å². The highest BCUT2D eigenvalue weighted by atomic mass is 28.3. The summed E-state index contributed by atoms with van der Waals surface area (Å²) in [4.78, 5) is 7.56. The van der Waals surface area contributed by atoms with E-state index in [2.05, 4.69) is 205 Å². The van der Waals surface area contributed by atoms with Crippen LogP contribution in [-0.2, 0) is 0 Å². The number of hydrogen-bond acceptors (Lipinski definition) is 2. The van der Waals surface area contributed by atoms with Crippen LogP contribution in [0.4, 0.5) is 17.1 Å². The molecule has 0 spiro atoms. The molecule has 0 radical (unpaired) electrons. The smallest absolute Gasteiger partial charge is 0.185 e. The Kier molecular flexibility index (Phi) is 7.53. The van der Waals surface area contributed by atoms with Crippen LogP contribution < -0.4 is 25.6 Å². The molecule has 8 aromatic rings. The first kappa shape index (κ1) is 29.8. The molecule has 50 heavy (non-hydrogen) atoms. The zero-order valence-corrected chi connectivity index (χ0v) is 28.5. The van der Waals surface area contributed by atoms with Gasteiger partial charge >= 0.3 is 0 Å². The number of rotatable bonds is 7. The Morgan fingerprint density at radius 3 is 1.34 bits per heavy atom. The SMILES string of the molecule is c1ccc(-c2ccc(N(c3ccc(-c4ccccc4)cc3)c3cccc4c3[Si](c3ccccc3)(c3ccccc3)c3cccnc3-4)cc2)cc1. The summed E-state index contributed by atoms with van der Waals surface area (Å²) in [5.41, 5.74) is 10.5. The Morgan fingerprint density at radius 2 is 0.840 bits per heavy atom. The molecule has 1 aliphatic rings. The van der Waals surface area contributed by atoms with Crippen LogP contribution in [0, 0.1) is 0 Å². The van der Waals surface area contributed by atoms with Crippen molar-refractivity contribution in [2.45, 2.75) is 0 Å². The van der Waals surface area contributed by atoms with E-state index in [0.717, 1.165) is 17.1 Å². The van der Waals surface area contributed by atoms with E-state index < -0.39 is 8.07 Å². The number of hydrogen-bond donors (Lipinski definition) is 0. The van der Waals surface area contributed by atoms with Gasteiger partial charge in [0.05, 0.1) is 5.69 Å². The summed E-state index contributed by atoms with van der Waals surface area (Å²) < 4.78 is 0. The second-order valence-electron chi connectivity index (χ2n) is 12.7. The molecule has 3 heteroatoms. The van der Waals surface area contributed by atoms with Crippen molar-refractivity contribution in [3.05, 3.63) is 206 Å². The van der Waals surface area contributed by atoms with Crippen molar-refractivity contribution in [2.24, 2.45) is 0 Å². The first-order chi connectivity index (χ1) is 24.8. The first-order valence-electron chi connectivity index (χ1n) is 17.1. The van der Waals surface area contributed by atoms with Crippen molar-refractivity contribution >= 4 is 45.9 Å². The minimum atomic E-state index is -2.83. The molecule has 9 rings (SSSR count). The molecule has 236 valence electrons. The van der Waals surface area contributed by atoms with Crippen LogP contribution in [0.1, 0.15) is 0 Å². The van der Waals surface area contributed by atoms with E-state index in [-0.39, 0.29) is 0 Å². The van der Waals surface area contributed by atoms with Gasteiger partial charge in [-0.05, 0) is 79.4 Å². The normalized spacial score (nSPS) is 12.6. The summed E-state index contributed by atoms with van der Waals surface area (Å²) >= 11 is 0. The number of pyridine rings is 1. The fourth-order valence-corrected chi connectivity index (χ4v) is 13.1. The molecule has 0 atom stereocenters. The number of anilines is 3. The number of aromatic nitrogens is 1. The number of benzene rings is 7. The van der Waals surface area contributed by atoms with E-state index >= 15 is 0 Å². The van der Waals surface area contributed by atoms with Crippen LogP contribution in [-0.4, -0.2) is 13.1 Å². The average Bonchev–Trinajstić information content (AvgIpc) is 3.52. The van der Waals surface area contributed by atoms with Gasteiger partial charge in [0.2, 0.25) is 0 Å². The molecule has 0 N–H and O–H groups in total. The summed E-state index contributed by atoms with van der Waals surface area (Å²) in [5, 5.41) is 5.40. The Balaban J connectivity index is 1.32. The van der Waals surface area contributed by atoms with Gasteiger partial charge in [0.25, 0.3) is 0 Å². The third-order valence-corrected chi connectivity index (χ3v) is 14.9. The standard InChI is InChI=1S/C47H34N2Si/c1-5-15-35(16-6-1)37-26-30-39(31-27-37)49(40-32-28-38(29-33-40)36-17-7-2-8-18-36)44-24-13-23-43-46-45(25-14-34-48-46)50(47(43)44,41-19-9-3-10-20-41)42-21-11-4-12-22-42/h1-34H. The molecule has 0 bridgehead atoms. The molecule has 7 aromatic carbocycles. The van der Waals surface area contributed by atoms with Gasteiger partial charge in [0, 0.05) is 28.8 Å². The molecule has 0 saturated heterocycles. The summed E-state index contributed by atoms with van der Waals surface area (Å²) in [6.07, 6.45) is 1.94. The summed E-state index contributed by atoms with van der Waals surface area (Å²) in [6.45, 7) is 0. The van der Waals surface area contributed by atoms with Gasteiger partial charge in [-0.2, -0.15) is 0 Å². The van der Waals surface area contributed by atoms with Crippen LogP contribution >= 0.6 is 0 Å². The third kappa shape index (κ3) is 4.90. The van der Waals surface area contributed by atoms with Gasteiger partial charge < -0.3 is 4.90 Å². The zero-order valence-electron chi connectivity index (χ0n) is 27.5. The summed E-state index contributed by atoms with van der Waals surface area (Å²) in [5.74, 6) is 0. The molecular weight excluding hydrogens is 621 g/mol. The van der Waals surface area contributed by atoms with Crippen molar-refractivity contribution in [2.75, 3.05) is 4.90 Å². The summed E-state index contributed by atoms with van der Waals surface area (Å²) in [7, 11) is -2.83. The van der Waals surface area contributed by atoms with Crippen LogP contribution in [0.15, 0.2) is 206 Å². The van der Waals surface area contributed by atoms with Gasteiger partial charge in [-0.1, -0.05) is 164 Å². The minimum Gasteiger partial charge on any atom is -0.311 e. The topological polar surface area (TPSA) is 16.1 Å². The Hall–Kier alpha value is -6.29. The van der Waals surface area contributed by atoms with Gasteiger partial charge in [0.15, 0.2) is 8.07 Å². The quantitative estimate of drug-likeness (QED) is 0.159. The van der Waals surface area contributed by atoms with E-state index in [1.165, 1.54) is 54.3 Å². The van der Waals surface area contributed by atoms with Crippen molar-refractivity contribution < 1.29 is 0 Å². The van der Waals surface area contributed by atoms with E-state index in [0.29, 0.717) is 0 Å². The molecule has 1 aliphatic heterocycles. The van der Waals surface area contributed by atoms with E-state index in [9.17, 15) is 0 Å². The van der Waals surface area contributed by atoms with Gasteiger partial charge in [-0.15, -0.1) is 0 Å². The highest BCUT2D eigenvalue weighted by Crippen LogP contribution is 2.40. The van der Waals surface area contributed by atoms with Crippen LogP contribution in [0.5, 0.6) is 0 Å². The minimum absolute atomic E-state index is 1.09. The van der Waals surface area contributed by atoms with Crippen molar-refractivity contribution in [3.8, 4) is 33.5 Å². The lowest BCUT2D eigenvalue weighted by molar-refractivity contribution is 1.29. The third-order valence-electron chi connectivity index (χ3n) is 10.0. The van der Waals surface area contributed by atoms with E-state index in [1.54, 1.807) is 0 Å². The summed E-state index contributed by atoms with van der Waals surface area (Å²) in [6, 6.07) is 72.8. The predicted molar refractivity (Wildman–Crippen MR) is 212 cm³/mol. The van der Waals surface area contributed by atoms with E-state index in [1.807, 2.05) is 6.20 Å². The predicted octanol–water partition coefficient (Wildman–Crippen LogP) is 9.24. The molecule has 1 aromatic heterocycles. The van der Waals surface area contributed by atoms with Crippen LogP contribution in [0.3, 0.4) is 0 Å². The lowest BCUT2D eigenvalue weighted by Crippen LogP contribution is -2.73. The molecule has 0 amide bonds. The Morgan fingerprint density at radius 1 is 0.380 bits per heavy atom. The fourth-order valence-electron chi connectivity index (χ4n) is 7.81. The van der Waals surface area contributed by atoms with E-state index in [4.69, 9.17) is 4.98 Å². The fraction of sp³-hybridized carbons (Fsp3) is 0. The van der Waals surface area contributed by atoms with Gasteiger partial charge in [0.1, 0.15) is 0 Å². The number of fused-ring (bicyclic) bond motifs is 3. The molecule has 0 unspecified atom stereocenters. The van der Waals surface area contributed by atoms with Crippen molar-refractivity contribution in [3.63, 3.8) is 0 Å². The van der Waals surface area contributed by atoms with Crippen LogP contribution in [0.25, 0.3) is 33.5 Å². The highest BCUT2D eigenvalue weighted by molar-refractivity contribution is 7.22. The molecule has 0 aliphatic carbocycles. The Bertz CT molecular complexity index is 2270. The number of nitrogens with zero attached hydrogens (tertiary/aromatic N) is 2. The van der Waals surface area contributed by atoms with Gasteiger partial charge in [-0.3, -0.25) is 4.98 Å². The molecule has 2 heterocycles. The maximum Gasteiger partial charge on any atom is 0.185 e. The lowest BCUT2D eigenvalue weighted by atomic mass is 10.0. The monoisotopic (exact) mass is 654 g/mol. The second-order valence-corrected chi connectivity index (χ2v) is 16.4. The van der Waals surface area contributed by atoms with Crippen LogP contribution in [0.2, 0.25) is 0 Å². The average molecular weight is 655 g/mol. The molecule has 0 fully saturated rings.